The molecule has 1 N–H and O–H groups in total. The van der Waals surface area contributed by atoms with Crippen LogP contribution in [0.4, 0.5) is 0 Å². The van der Waals surface area contributed by atoms with Crippen LogP contribution in [0, 0.1) is 6.92 Å². The van der Waals surface area contributed by atoms with Crippen LogP contribution < -0.4 is 5.32 Å². The van der Waals surface area contributed by atoms with Gasteiger partial charge in [0, 0.05) is 18.3 Å². The second-order valence-electron chi connectivity index (χ2n) is 4.66. The lowest BCUT2D eigenvalue weighted by Crippen LogP contribution is -2.43. The fourth-order valence-corrected chi connectivity index (χ4v) is 2.48. The molecule has 0 aromatic carbocycles. The molecule has 2 rings (SSSR count). The molecule has 1 aromatic heterocycles. The minimum Gasteiger partial charge on any atom is -0.315 e. The van der Waals surface area contributed by atoms with E-state index in [4.69, 9.17) is 11.6 Å². The topological polar surface area (TPSA) is 41.1 Å². The summed E-state index contributed by atoms with van der Waals surface area (Å²) in [5, 5.41) is 3.95. The summed E-state index contributed by atoms with van der Waals surface area (Å²) in [6.07, 6.45) is 2.48. The zero-order chi connectivity index (χ0) is 12.3. The van der Waals surface area contributed by atoms with Crippen LogP contribution >= 0.6 is 11.6 Å². The van der Waals surface area contributed by atoms with Gasteiger partial charge in [0.15, 0.2) is 0 Å². The third-order valence-corrected chi connectivity index (χ3v) is 3.35. The predicted octanol–water partition coefficient (Wildman–Crippen LogP) is 1.62. The third kappa shape index (κ3) is 3.63. The Morgan fingerprint density at radius 3 is 3.00 bits per heavy atom. The van der Waals surface area contributed by atoms with E-state index in [1.54, 1.807) is 6.07 Å². The van der Waals surface area contributed by atoms with Gasteiger partial charge in [-0.15, -0.1) is 0 Å². The van der Waals surface area contributed by atoms with Crippen molar-refractivity contribution in [2.75, 3.05) is 20.1 Å². The molecule has 0 bridgehead atoms. The van der Waals surface area contributed by atoms with Crippen molar-refractivity contribution in [2.24, 2.45) is 0 Å². The van der Waals surface area contributed by atoms with E-state index >= 15 is 0 Å². The van der Waals surface area contributed by atoms with Crippen LogP contribution in [0.15, 0.2) is 6.07 Å². The molecule has 2 heterocycles. The quantitative estimate of drug-likeness (QED) is 0.833. The normalized spacial score (nSPS) is 20.8. The summed E-state index contributed by atoms with van der Waals surface area (Å²) in [5.74, 6) is 0.808. The first-order chi connectivity index (χ1) is 8.15. The first kappa shape index (κ1) is 12.7. The lowest BCUT2D eigenvalue weighted by atomic mass is 10.1. The lowest BCUT2D eigenvalue weighted by Gasteiger charge is -2.31. The standard InChI is InChI=1S/C12H19ClN4/c1-9-6-11(13)16-12(15-9)8-17(2)10-4-3-5-14-7-10/h6,10,14H,3-5,7-8H2,1-2H3. The van der Waals surface area contributed by atoms with Crippen molar-refractivity contribution in [2.45, 2.75) is 32.4 Å². The molecule has 17 heavy (non-hydrogen) atoms. The van der Waals surface area contributed by atoms with Crippen molar-refractivity contribution in [1.82, 2.24) is 20.2 Å². The molecule has 94 valence electrons. The van der Waals surface area contributed by atoms with E-state index in [-0.39, 0.29) is 0 Å². The molecule has 1 saturated heterocycles. The van der Waals surface area contributed by atoms with Gasteiger partial charge in [-0.1, -0.05) is 11.6 Å². The second-order valence-corrected chi connectivity index (χ2v) is 5.05. The molecule has 5 heteroatoms. The Labute approximate surface area is 107 Å². The van der Waals surface area contributed by atoms with Crippen molar-refractivity contribution in [1.29, 1.82) is 0 Å². The number of rotatable bonds is 3. The molecule has 0 amide bonds. The molecule has 1 fully saturated rings. The molecule has 1 aromatic rings. The number of halogens is 1. The van der Waals surface area contributed by atoms with Gasteiger partial charge in [-0.3, -0.25) is 4.90 Å². The maximum absolute atomic E-state index is 5.94. The highest BCUT2D eigenvalue weighted by atomic mass is 35.5. The minimum atomic E-state index is 0.530. The van der Waals surface area contributed by atoms with Crippen LogP contribution in [0.5, 0.6) is 0 Å². The Bertz CT molecular complexity index is 357. The Hall–Kier alpha value is -0.710. The summed E-state index contributed by atoms with van der Waals surface area (Å²) in [4.78, 5) is 11.0. The number of aryl methyl sites for hydroxylation is 1. The Balaban J connectivity index is 1.99. The van der Waals surface area contributed by atoms with E-state index in [9.17, 15) is 0 Å². The van der Waals surface area contributed by atoms with E-state index < -0.39 is 0 Å². The first-order valence-corrected chi connectivity index (χ1v) is 6.44. The van der Waals surface area contributed by atoms with Crippen LogP contribution in [0.1, 0.15) is 24.4 Å². The van der Waals surface area contributed by atoms with Crippen molar-refractivity contribution >= 4 is 11.6 Å². The van der Waals surface area contributed by atoms with Crippen molar-refractivity contribution < 1.29 is 0 Å². The van der Waals surface area contributed by atoms with Gasteiger partial charge in [0.1, 0.15) is 11.0 Å². The minimum absolute atomic E-state index is 0.530. The third-order valence-electron chi connectivity index (χ3n) is 3.15. The lowest BCUT2D eigenvalue weighted by molar-refractivity contribution is 0.191. The van der Waals surface area contributed by atoms with Gasteiger partial charge in [-0.2, -0.15) is 0 Å². The number of likely N-dealkylation sites (N-methyl/N-ethyl adjacent to an activating group) is 1. The maximum atomic E-state index is 5.94. The summed E-state index contributed by atoms with van der Waals surface area (Å²) >= 11 is 5.94. The molecule has 1 unspecified atom stereocenters. The fourth-order valence-electron chi connectivity index (χ4n) is 2.22. The monoisotopic (exact) mass is 254 g/mol. The molecule has 1 aliphatic rings. The molecule has 0 spiro atoms. The molecule has 0 radical (unpaired) electrons. The van der Waals surface area contributed by atoms with E-state index in [1.807, 2.05) is 6.92 Å². The van der Waals surface area contributed by atoms with E-state index in [0.29, 0.717) is 11.2 Å². The molecule has 0 aliphatic carbocycles. The summed E-state index contributed by atoms with van der Waals surface area (Å²) in [6.45, 7) is 4.89. The Morgan fingerprint density at radius 2 is 2.35 bits per heavy atom. The van der Waals surface area contributed by atoms with Crippen molar-refractivity contribution in [3.05, 3.63) is 22.7 Å². The SMILES string of the molecule is Cc1cc(Cl)nc(CN(C)C2CCCNC2)n1. The molecule has 1 atom stereocenters. The van der Waals surface area contributed by atoms with E-state index in [1.165, 1.54) is 12.8 Å². The van der Waals surface area contributed by atoms with Crippen LogP contribution in [-0.4, -0.2) is 41.0 Å². The Morgan fingerprint density at radius 1 is 1.53 bits per heavy atom. The highest BCUT2D eigenvalue weighted by Crippen LogP contribution is 2.12. The van der Waals surface area contributed by atoms with Crippen LogP contribution in [0.2, 0.25) is 5.15 Å². The number of nitrogens with zero attached hydrogens (tertiary/aromatic N) is 3. The molecular weight excluding hydrogens is 236 g/mol. The van der Waals surface area contributed by atoms with Crippen molar-refractivity contribution in [3.8, 4) is 0 Å². The number of nitrogens with one attached hydrogen (secondary N) is 1. The average molecular weight is 255 g/mol. The van der Waals surface area contributed by atoms with Gasteiger partial charge in [0.05, 0.1) is 6.54 Å². The van der Waals surface area contributed by atoms with Crippen molar-refractivity contribution in [3.63, 3.8) is 0 Å². The summed E-state index contributed by atoms with van der Waals surface area (Å²) in [5.41, 5.74) is 0.926. The van der Waals surface area contributed by atoms with Gasteiger partial charge >= 0.3 is 0 Å². The van der Waals surface area contributed by atoms with E-state index in [2.05, 4.69) is 27.2 Å². The second kappa shape index (κ2) is 5.76. The highest BCUT2D eigenvalue weighted by molar-refractivity contribution is 6.29. The first-order valence-electron chi connectivity index (χ1n) is 6.06. The number of aromatic nitrogens is 2. The van der Waals surface area contributed by atoms with Gasteiger partial charge in [0.2, 0.25) is 0 Å². The van der Waals surface area contributed by atoms with Crippen LogP contribution in [0.25, 0.3) is 0 Å². The van der Waals surface area contributed by atoms with Crippen LogP contribution in [0.3, 0.4) is 0 Å². The highest BCUT2D eigenvalue weighted by Gasteiger charge is 2.18. The Kier molecular flexibility index (Phi) is 4.31. The summed E-state index contributed by atoms with van der Waals surface area (Å²) in [7, 11) is 2.12. The zero-order valence-electron chi connectivity index (χ0n) is 10.4. The van der Waals surface area contributed by atoms with E-state index in [0.717, 1.165) is 31.2 Å². The number of hydrogen-bond donors (Lipinski definition) is 1. The number of piperidine rings is 1. The maximum Gasteiger partial charge on any atom is 0.144 e. The van der Waals surface area contributed by atoms with Gasteiger partial charge in [0.25, 0.3) is 0 Å². The fraction of sp³-hybridized carbons (Fsp3) is 0.667. The van der Waals surface area contributed by atoms with Crippen LogP contribution in [-0.2, 0) is 6.54 Å². The van der Waals surface area contributed by atoms with Gasteiger partial charge in [-0.25, -0.2) is 9.97 Å². The summed E-state index contributed by atoms with van der Waals surface area (Å²) in [6, 6.07) is 2.36. The predicted molar refractivity (Wildman–Crippen MR) is 69.1 cm³/mol. The largest absolute Gasteiger partial charge is 0.315 e. The molecule has 4 nitrogen and oxygen atoms in total. The van der Waals surface area contributed by atoms with Gasteiger partial charge in [-0.05, 0) is 39.4 Å². The summed E-state index contributed by atoms with van der Waals surface area (Å²) < 4.78 is 0. The van der Waals surface area contributed by atoms with Gasteiger partial charge < -0.3 is 5.32 Å². The molecule has 0 saturated carbocycles. The zero-order valence-corrected chi connectivity index (χ0v) is 11.2. The molecular formula is C12H19ClN4. The molecule has 1 aliphatic heterocycles. The average Bonchev–Trinajstić information content (AvgIpc) is 2.28. The smallest absolute Gasteiger partial charge is 0.144 e. The number of hydrogen-bond acceptors (Lipinski definition) is 4.